The number of fused-ring (bicyclic) bond motifs is 1. The molecule has 0 unspecified atom stereocenters. The van der Waals surface area contributed by atoms with Crippen LogP contribution in [0.15, 0.2) is 29.1 Å². The zero-order valence-electron chi connectivity index (χ0n) is 12.2. The molecule has 5 heteroatoms. The van der Waals surface area contributed by atoms with Gasteiger partial charge < -0.3 is 0 Å². The first-order valence-corrected chi connectivity index (χ1v) is 6.89. The number of rotatable bonds is 2. The summed E-state index contributed by atoms with van der Waals surface area (Å²) in [4.78, 5) is 17.0. The lowest BCUT2D eigenvalue weighted by molar-refractivity contribution is 0.628. The van der Waals surface area contributed by atoms with E-state index in [2.05, 4.69) is 10.1 Å². The van der Waals surface area contributed by atoms with E-state index in [0.29, 0.717) is 17.6 Å². The van der Waals surface area contributed by atoms with Gasteiger partial charge in [0.05, 0.1) is 0 Å². The summed E-state index contributed by atoms with van der Waals surface area (Å²) in [5.41, 5.74) is 4.46. The minimum Gasteiger partial charge on any atom is -0.293 e. The molecule has 21 heavy (non-hydrogen) atoms. The first-order chi connectivity index (χ1) is 10.0. The van der Waals surface area contributed by atoms with Gasteiger partial charge in [0.1, 0.15) is 5.82 Å². The van der Waals surface area contributed by atoms with Crippen LogP contribution >= 0.6 is 0 Å². The van der Waals surface area contributed by atoms with E-state index < -0.39 is 0 Å². The molecule has 3 rings (SSSR count). The molecule has 0 amide bonds. The van der Waals surface area contributed by atoms with Gasteiger partial charge in [0, 0.05) is 22.5 Å². The van der Waals surface area contributed by atoms with Crippen molar-refractivity contribution < 1.29 is 4.39 Å². The maximum Gasteiger partial charge on any atom is 0.276 e. The molecule has 0 saturated heterocycles. The van der Waals surface area contributed by atoms with Crippen molar-refractivity contribution in [2.75, 3.05) is 0 Å². The van der Waals surface area contributed by atoms with E-state index in [9.17, 15) is 9.18 Å². The molecule has 0 saturated carbocycles. The van der Waals surface area contributed by atoms with Crippen molar-refractivity contribution >= 4 is 5.65 Å². The van der Waals surface area contributed by atoms with Gasteiger partial charge in [-0.05, 0) is 38.0 Å². The lowest BCUT2D eigenvalue weighted by Gasteiger charge is -2.04. The van der Waals surface area contributed by atoms with Crippen molar-refractivity contribution in [3.05, 3.63) is 57.4 Å². The SMILES string of the molecule is CCc1c(C)nc2c(-c3ccc(F)cc3)c(C)[nH]n2c1=O. The highest BCUT2D eigenvalue weighted by Gasteiger charge is 2.16. The summed E-state index contributed by atoms with van der Waals surface area (Å²) in [6.07, 6.45) is 0.643. The maximum atomic E-state index is 13.1. The van der Waals surface area contributed by atoms with Crippen LogP contribution in [0.3, 0.4) is 0 Å². The van der Waals surface area contributed by atoms with E-state index in [0.717, 1.165) is 22.5 Å². The normalized spacial score (nSPS) is 11.2. The number of benzene rings is 1. The smallest absolute Gasteiger partial charge is 0.276 e. The van der Waals surface area contributed by atoms with E-state index in [1.165, 1.54) is 16.6 Å². The van der Waals surface area contributed by atoms with Gasteiger partial charge in [0.25, 0.3) is 5.56 Å². The molecule has 0 bridgehead atoms. The molecule has 0 atom stereocenters. The van der Waals surface area contributed by atoms with Crippen LogP contribution in [-0.2, 0) is 6.42 Å². The van der Waals surface area contributed by atoms with Crippen LogP contribution in [0.25, 0.3) is 16.8 Å². The minimum atomic E-state index is -0.286. The highest BCUT2D eigenvalue weighted by Crippen LogP contribution is 2.27. The molecular weight excluding hydrogens is 269 g/mol. The van der Waals surface area contributed by atoms with Crippen LogP contribution in [0.1, 0.15) is 23.9 Å². The Morgan fingerprint density at radius 1 is 1.24 bits per heavy atom. The Labute approximate surface area is 121 Å². The summed E-state index contributed by atoms with van der Waals surface area (Å²) in [6, 6.07) is 6.20. The van der Waals surface area contributed by atoms with Crippen LogP contribution in [0.4, 0.5) is 4.39 Å². The quantitative estimate of drug-likeness (QED) is 0.787. The van der Waals surface area contributed by atoms with E-state index >= 15 is 0 Å². The fourth-order valence-corrected chi connectivity index (χ4v) is 2.69. The predicted molar refractivity (Wildman–Crippen MR) is 80.1 cm³/mol. The van der Waals surface area contributed by atoms with Gasteiger partial charge in [0.15, 0.2) is 5.65 Å². The second-order valence-electron chi connectivity index (χ2n) is 5.11. The molecule has 0 radical (unpaired) electrons. The number of aromatic nitrogens is 3. The average molecular weight is 285 g/mol. The molecule has 2 heterocycles. The highest BCUT2D eigenvalue weighted by atomic mass is 19.1. The van der Waals surface area contributed by atoms with Gasteiger partial charge in [-0.25, -0.2) is 13.9 Å². The van der Waals surface area contributed by atoms with Gasteiger partial charge in [-0.3, -0.25) is 9.89 Å². The summed E-state index contributed by atoms with van der Waals surface area (Å²) in [6.45, 7) is 5.67. The summed E-state index contributed by atoms with van der Waals surface area (Å²) < 4.78 is 14.6. The minimum absolute atomic E-state index is 0.0727. The van der Waals surface area contributed by atoms with E-state index in [1.54, 1.807) is 12.1 Å². The van der Waals surface area contributed by atoms with Crippen molar-refractivity contribution in [2.24, 2.45) is 0 Å². The number of aromatic amines is 1. The number of hydrogen-bond acceptors (Lipinski definition) is 2. The van der Waals surface area contributed by atoms with Gasteiger partial charge >= 0.3 is 0 Å². The molecule has 4 nitrogen and oxygen atoms in total. The molecular formula is C16H16FN3O. The van der Waals surface area contributed by atoms with Crippen molar-refractivity contribution in [3.8, 4) is 11.1 Å². The lowest BCUT2D eigenvalue weighted by atomic mass is 10.1. The highest BCUT2D eigenvalue weighted by molar-refractivity contribution is 5.79. The van der Waals surface area contributed by atoms with Crippen LogP contribution in [-0.4, -0.2) is 14.6 Å². The number of nitrogens with one attached hydrogen (secondary N) is 1. The lowest BCUT2D eigenvalue weighted by Crippen LogP contribution is -2.21. The number of hydrogen-bond donors (Lipinski definition) is 1. The van der Waals surface area contributed by atoms with Crippen molar-refractivity contribution in [1.29, 1.82) is 0 Å². The van der Waals surface area contributed by atoms with Crippen LogP contribution in [0.2, 0.25) is 0 Å². The Morgan fingerprint density at radius 2 is 1.90 bits per heavy atom. The fourth-order valence-electron chi connectivity index (χ4n) is 2.69. The molecule has 0 spiro atoms. The largest absolute Gasteiger partial charge is 0.293 e. The molecule has 1 N–H and O–H groups in total. The maximum absolute atomic E-state index is 13.1. The van der Waals surface area contributed by atoms with Crippen molar-refractivity contribution in [1.82, 2.24) is 14.6 Å². The predicted octanol–water partition coefficient (Wildman–Crippen LogP) is 3.01. The molecule has 0 aliphatic carbocycles. The van der Waals surface area contributed by atoms with Crippen LogP contribution < -0.4 is 5.56 Å². The zero-order valence-corrected chi connectivity index (χ0v) is 12.2. The van der Waals surface area contributed by atoms with Gasteiger partial charge in [-0.1, -0.05) is 19.1 Å². The third-order valence-corrected chi connectivity index (χ3v) is 3.75. The van der Waals surface area contributed by atoms with Gasteiger partial charge in [-0.15, -0.1) is 0 Å². The van der Waals surface area contributed by atoms with Gasteiger partial charge in [-0.2, -0.15) is 0 Å². The summed E-state index contributed by atoms with van der Waals surface area (Å²) in [5, 5.41) is 3.06. The summed E-state index contributed by atoms with van der Waals surface area (Å²) in [5.74, 6) is -0.286. The average Bonchev–Trinajstić information content (AvgIpc) is 2.77. The monoisotopic (exact) mass is 285 g/mol. The Bertz CT molecular complexity index is 875. The number of nitrogens with zero attached hydrogens (tertiary/aromatic N) is 2. The second kappa shape index (κ2) is 4.84. The Morgan fingerprint density at radius 3 is 2.52 bits per heavy atom. The first kappa shape index (κ1) is 13.5. The summed E-state index contributed by atoms with van der Waals surface area (Å²) >= 11 is 0. The third-order valence-electron chi connectivity index (χ3n) is 3.75. The van der Waals surface area contributed by atoms with E-state index in [-0.39, 0.29) is 11.4 Å². The van der Waals surface area contributed by atoms with Crippen LogP contribution in [0.5, 0.6) is 0 Å². The summed E-state index contributed by atoms with van der Waals surface area (Å²) in [7, 11) is 0. The van der Waals surface area contributed by atoms with Crippen molar-refractivity contribution in [2.45, 2.75) is 27.2 Å². The molecule has 2 aromatic heterocycles. The molecule has 0 aliphatic heterocycles. The number of aryl methyl sites for hydroxylation is 2. The van der Waals surface area contributed by atoms with E-state index in [1.807, 2.05) is 20.8 Å². The molecule has 0 aliphatic rings. The molecule has 1 aromatic carbocycles. The number of H-pyrrole nitrogens is 1. The Balaban J connectivity index is 2.37. The Hall–Kier alpha value is -2.43. The van der Waals surface area contributed by atoms with E-state index in [4.69, 9.17) is 0 Å². The topological polar surface area (TPSA) is 50.2 Å². The molecule has 3 aromatic rings. The standard InChI is InChI=1S/C16H16FN3O/c1-4-13-9(2)18-15-14(10(3)19-20(15)16(13)21)11-5-7-12(17)8-6-11/h5-8,19H,4H2,1-3H3. The molecule has 0 fully saturated rings. The van der Waals surface area contributed by atoms with Gasteiger partial charge in [0.2, 0.25) is 0 Å². The fraction of sp³-hybridized carbons (Fsp3) is 0.250. The zero-order chi connectivity index (χ0) is 15.1. The Kier molecular flexibility index (Phi) is 3.12. The third kappa shape index (κ3) is 2.05. The molecule has 108 valence electrons. The first-order valence-electron chi connectivity index (χ1n) is 6.89. The number of halogens is 1. The van der Waals surface area contributed by atoms with Crippen LogP contribution in [0, 0.1) is 19.7 Å². The van der Waals surface area contributed by atoms with Crippen molar-refractivity contribution in [3.63, 3.8) is 0 Å². The second-order valence-corrected chi connectivity index (χ2v) is 5.11.